The maximum absolute atomic E-state index is 12.2. The highest BCUT2D eigenvalue weighted by molar-refractivity contribution is 6.10. The fourth-order valence-corrected chi connectivity index (χ4v) is 1.64. The average Bonchev–Trinajstić information content (AvgIpc) is 2.32. The molecule has 0 saturated carbocycles. The predicted molar refractivity (Wildman–Crippen MR) is 68.0 cm³/mol. The summed E-state index contributed by atoms with van der Waals surface area (Å²) >= 11 is 0. The van der Waals surface area contributed by atoms with Gasteiger partial charge in [0.05, 0.1) is 0 Å². The minimum Gasteiger partial charge on any atom is -0.398 e. The zero-order chi connectivity index (χ0) is 12.4. The average molecular weight is 226 g/mol. The second-order valence-electron chi connectivity index (χ2n) is 4.09. The molecule has 0 aliphatic rings. The summed E-state index contributed by atoms with van der Waals surface area (Å²) in [5, 5.41) is 0. The lowest BCUT2D eigenvalue weighted by atomic mass is 9.99. The Hall–Kier alpha value is -2.16. The van der Waals surface area contributed by atoms with E-state index in [1.165, 1.54) is 0 Å². The summed E-state index contributed by atoms with van der Waals surface area (Å²) < 4.78 is 0. The fourth-order valence-electron chi connectivity index (χ4n) is 1.64. The van der Waals surface area contributed by atoms with Gasteiger partial charge in [-0.15, -0.1) is 0 Å². The van der Waals surface area contributed by atoms with E-state index in [2.05, 4.69) is 4.98 Å². The molecule has 0 aliphatic carbocycles. The van der Waals surface area contributed by atoms with Gasteiger partial charge in [-0.2, -0.15) is 0 Å². The molecule has 86 valence electrons. The number of benzene rings is 1. The number of ketones is 1. The van der Waals surface area contributed by atoms with E-state index in [0.29, 0.717) is 16.8 Å². The molecule has 0 aliphatic heterocycles. The van der Waals surface area contributed by atoms with Gasteiger partial charge in [0, 0.05) is 29.2 Å². The van der Waals surface area contributed by atoms with E-state index in [4.69, 9.17) is 5.73 Å². The third-order valence-electron chi connectivity index (χ3n) is 2.83. The Labute approximate surface area is 100 Å². The molecule has 0 fully saturated rings. The van der Waals surface area contributed by atoms with Gasteiger partial charge in [-0.1, -0.05) is 12.1 Å². The number of rotatable bonds is 2. The summed E-state index contributed by atoms with van der Waals surface area (Å²) in [5.41, 5.74) is 9.56. The van der Waals surface area contributed by atoms with Crippen LogP contribution >= 0.6 is 0 Å². The molecule has 1 aromatic carbocycles. The number of carbonyl (C=O) groups excluding carboxylic acids is 1. The van der Waals surface area contributed by atoms with Gasteiger partial charge >= 0.3 is 0 Å². The fraction of sp³-hybridized carbons (Fsp3) is 0.143. The molecule has 2 N–H and O–H groups in total. The van der Waals surface area contributed by atoms with E-state index in [9.17, 15) is 4.79 Å². The van der Waals surface area contributed by atoms with E-state index in [-0.39, 0.29) is 5.78 Å². The van der Waals surface area contributed by atoms with Crippen LogP contribution in [0.25, 0.3) is 0 Å². The number of aromatic nitrogens is 1. The van der Waals surface area contributed by atoms with Gasteiger partial charge in [0.15, 0.2) is 5.78 Å². The lowest BCUT2D eigenvalue weighted by molar-refractivity contribution is 0.103. The van der Waals surface area contributed by atoms with Crippen molar-refractivity contribution in [1.29, 1.82) is 0 Å². The van der Waals surface area contributed by atoms with Crippen LogP contribution in [0.2, 0.25) is 0 Å². The number of pyridine rings is 1. The first kappa shape index (κ1) is 11.3. The molecule has 0 amide bonds. The topological polar surface area (TPSA) is 56.0 Å². The van der Waals surface area contributed by atoms with Gasteiger partial charge in [0.2, 0.25) is 0 Å². The predicted octanol–water partition coefficient (Wildman–Crippen LogP) is 2.51. The molecule has 2 rings (SSSR count). The van der Waals surface area contributed by atoms with Crippen molar-refractivity contribution in [2.75, 3.05) is 5.73 Å². The minimum atomic E-state index is -0.0395. The first-order chi connectivity index (χ1) is 8.09. The van der Waals surface area contributed by atoms with Crippen molar-refractivity contribution >= 4 is 11.5 Å². The molecule has 0 spiro atoms. The van der Waals surface area contributed by atoms with Crippen LogP contribution in [0.5, 0.6) is 0 Å². The van der Waals surface area contributed by atoms with Crippen molar-refractivity contribution in [1.82, 2.24) is 4.98 Å². The maximum atomic E-state index is 12.2. The number of carbonyl (C=O) groups is 1. The molecule has 1 heterocycles. The lowest BCUT2D eigenvalue weighted by Crippen LogP contribution is -2.05. The van der Waals surface area contributed by atoms with Crippen molar-refractivity contribution in [3.8, 4) is 0 Å². The van der Waals surface area contributed by atoms with Crippen LogP contribution in [0.15, 0.2) is 36.7 Å². The Morgan fingerprint density at radius 2 is 1.94 bits per heavy atom. The molecule has 0 unspecified atom stereocenters. The van der Waals surface area contributed by atoms with E-state index < -0.39 is 0 Å². The first-order valence-electron chi connectivity index (χ1n) is 5.41. The van der Waals surface area contributed by atoms with Gasteiger partial charge in [-0.25, -0.2) is 0 Å². The number of hydrogen-bond donors (Lipinski definition) is 1. The van der Waals surface area contributed by atoms with Gasteiger partial charge in [0.25, 0.3) is 0 Å². The van der Waals surface area contributed by atoms with Crippen molar-refractivity contribution in [3.05, 3.63) is 58.9 Å². The number of anilines is 1. The Kier molecular flexibility index (Phi) is 2.91. The molecule has 2 aromatic rings. The number of hydrogen-bond acceptors (Lipinski definition) is 3. The quantitative estimate of drug-likeness (QED) is 0.632. The van der Waals surface area contributed by atoms with Gasteiger partial charge in [0.1, 0.15) is 0 Å². The van der Waals surface area contributed by atoms with Crippen molar-refractivity contribution < 1.29 is 4.79 Å². The normalized spacial score (nSPS) is 10.2. The summed E-state index contributed by atoms with van der Waals surface area (Å²) in [4.78, 5) is 16.2. The van der Waals surface area contributed by atoms with Crippen molar-refractivity contribution in [2.45, 2.75) is 13.8 Å². The summed E-state index contributed by atoms with van der Waals surface area (Å²) in [5.74, 6) is -0.0395. The third kappa shape index (κ3) is 2.18. The number of nitrogens with zero attached hydrogens (tertiary/aromatic N) is 1. The smallest absolute Gasteiger partial charge is 0.194 e. The van der Waals surface area contributed by atoms with Crippen LogP contribution in [-0.4, -0.2) is 10.8 Å². The van der Waals surface area contributed by atoms with E-state index in [1.54, 1.807) is 24.5 Å². The second kappa shape index (κ2) is 4.37. The van der Waals surface area contributed by atoms with E-state index >= 15 is 0 Å². The van der Waals surface area contributed by atoms with E-state index in [1.807, 2.05) is 26.0 Å². The Bertz CT molecular complexity index is 576. The summed E-state index contributed by atoms with van der Waals surface area (Å²) in [6, 6.07) is 7.18. The minimum absolute atomic E-state index is 0.0395. The van der Waals surface area contributed by atoms with Gasteiger partial charge in [-0.3, -0.25) is 9.78 Å². The van der Waals surface area contributed by atoms with Crippen LogP contribution in [0, 0.1) is 13.8 Å². The first-order valence-corrected chi connectivity index (χ1v) is 5.41. The largest absolute Gasteiger partial charge is 0.398 e. The molecule has 17 heavy (non-hydrogen) atoms. The molecule has 3 heteroatoms. The maximum Gasteiger partial charge on any atom is 0.194 e. The number of nitrogen functional groups attached to an aromatic ring is 1. The zero-order valence-corrected chi connectivity index (χ0v) is 9.90. The van der Waals surface area contributed by atoms with Crippen LogP contribution in [-0.2, 0) is 0 Å². The number of aryl methyl sites for hydroxylation is 2. The van der Waals surface area contributed by atoms with Crippen LogP contribution in [0.4, 0.5) is 5.69 Å². The lowest BCUT2D eigenvalue weighted by Gasteiger charge is -2.06. The van der Waals surface area contributed by atoms with E-state index in [0.717, 1.165) is 11.1 Å². The monoisotopic (exact) mass is 226 g/mol. The highest BCUT2D eigenvalue weighted by atomic mass is 16.1. The van der Waals surface area contributed by atoms with Crippen LogP contribution in [0.1, 0.15) is 27.0 Å². The standard InChI is InChI=1S/C14H14N2O/c1-9-5-6-16-8-12(9)14(17)11-4-3-10(2)13(15)7-11/h3-8H,15H2,1-2H3. The van der Waals surface area contributed by atoms with Crippen LogP contribution in [0.3, 0.4) is 0 Å². The Balaban J connectivity index is 2.44. The molecule has 3 nitrogen and oxygen atoms in total. The molecule has 0 bridgehead atoms. The summed E-state index contributed by atoms with van der Waals surface area (Å²) in [6.45, 7) is 3.81. The summed E-state index contributed by atoms with van der Waals surface area (Å²) in [6.07, 6.45) is 3.27. The molecular formula is C14H14N2O. The molecule has 1 aromatic heterocycles. The highest BCUT2D eigenvalue weighted by Gasteiger charge is 2.12. The molecular weight excluding hydrogens is 212 g/mol. The van der Waals surface area contributed by atoms with Crippen molar-refractivity contribution in [2.24, 2.45) is 0 Å². The van der Waals surface area contributed by atoms with Crippen molar-refractivity contribution in [3.63, 3.8) is 0 Å². The third-order valence-corrected chi connectivity index (χ3v) is 2.83. The zero-order valence-electron chi connectivity index (χ0n) is 9.90. The molecule has 0 saturated heterocycles. The molecule has 0 atom stereocenters. The van der Waals surface area contributed by atoms with Crippen LogP contribution < -0.4 is 5.73 Å². The highest BCUT2D eigenvalue weighted by Crippen LogP contribution is 2.17. The second-order valence-corrected chi connectivity index (χ2v) is 4.09. The molecule has 0 radical (unpaired) electrons. The van der Waals surface area contributed by atoms with Gasteiger partial charge in [-0.05, 0) is 37.1 Å². The summed E-state index contributed by atoms with van der Waals surface area (Å²) in [7, 11) is 0. The number of nitrogens with two attached hydrogens (primary N) is 1. The Morgan fingerprint density at radius 3 is 2.59 bits per heavy atom. The SMILES string of the molecule is Cc1ccc(C(=O)c2cnccc2C)cc1N. The Morgan fingerprint density at radius 1 is 1.18 bits per heavy atom. The van der Waals surface area contributed by atoms with Gasteiger partial charge < -0.3 is 5.73 Å².